The molecule has 102 valence electrons. The van der Waals surface area contributed by atoms with Gasteiger partial charge in [0.25, 0.3) is 5.91 Å². The quantitative estimate of drug-likeness (QED) is 0.889. The highest BCUT2D eigenvalue weighted by atomic mass is 32.1. The monoisotopic (exact) mass is 298 g/mol. The Labute approximate surface area is 118 Å². The highest BCUT2D eigenvalue weighted by Crippen LogP contribution is 2.28. The van der Waals surface area contributed by atoms with Crippen LogP contribution < -0.4 is 16.0 Å². The van der Waals surface area contributed by atoms with Crippen molar-refractivity contribution < 1.29 is 4.79 Å². The van der Waals surface area contributed by atoms with Gasteiger partial charge in [0.1, 0.15) is 16.5 Å². The first kappa shape index (κ1) is 13.7. The van der Waals surface area contributed by atoms with Crippen LogP contribution >= 0.6 is 22.9 Å². The lowest BCUT2D eigenvalue weighted by atomic mass is 10.5. The molecular formula is C10H14N6OS2. The van der Waals surface area contributed by atoms with E-state index >= 15 is 0 Å². The third-order valence-corrected chi connectivity index (χ3v) is 4.30. The molecule has 0 aromatic carbocycles. The summed E-state index contributed by atoms with van der Waals surface area (Å²) in [6, 6.07) is 0. The number of anilines is 3. The number of nitrogens with zero attached hydrogens (tertiary/aromatic N) is 4. The van der Waals surface area contributed by atoms with E-state index in [1.807, 2.05) is 18.9 Å². The van der Waals surface area contributed by atoms with E-state index in [1.165, 1.54) is 11.3 Å². The molecule has 0 bridgehead atoms. The van der Waals surface area contributed by atoms with Crippen LogP contribution in [0.2, 0.25) is 0 Å². The smallest absolute Gasteiger partial charge is 0.271 e. The number of nitrogens with one attached hydrogen (secondary N) is 1. The first-order valence-corrected chi connectivity index (χ1v) is 7.19. The van der Waals surface area contributed by atoms with Crippen molar-refractivity contribution in [3.05, 3.63) is 10.7 Å². The van der Waals surface area contributed by atoms with Gasteiger partial charge in [-0.3, -0.25) is 10.1 Å². The van der Waals surface area contributed by atoms with Crippen molar-refractivity contribution >= 4 is 44.9 Å². The first-order valence-electron chi connectivity index (χ1n) is 5.60. The molecule has 0 atom stereocenters. The lowest BCUT2D eigenvalue weighted by Crippen LogP contribution is -2.15. The molecule has 2 aromatic heterocycles. The zero-order valence-corrected chi connectivity index (χ0v) is 12.4. The number of carbonyl (C=O) groups excluding carboxylic acids is 1. The molecule has 0 spiro atoms. The molecule has 9 heteroatoms. The molecule has 0 aliphatic heterocycles. The molecule has 2 heterocycles. The van der Waals surface area contributed by atoms with Crippen LogP contribution in [0.3, 0.4) is 0 Å². The molecule has 7 nitrogen and oxygen atoms in total. The Bertz CT molecular complexity index is 593. The zero-order valence-electron chi connectivity index (χ0n) is 10.8. The number of carbonyl (C=O) groups is 1. The van der Waals surface area contributed by atoms with Crippen LogP contribution in [0.1, 0.15) is 22.4 Å². The van der Waals surface area contributed by atoms with Gasteiger partial charge in [-0.05, 0) is 13.8 Å². The number of rotatable bonds is 4. The van der Waals surface area contributed by atoms with Crippen LogP contribution in [0.25, 0.3) is 0 Å². The van der Waals surface area contributed by atoms with E-state index in [1.54, 1.807) is 6.92 Å². The number of amides is 1. The molecule has 2 rings (SSSR count). The fourth-order valence-corrected chi connectivity index (χ4v) is 2.76. The Kier molecular flexibility index (Phi) is 3.96. The lowest BCUT2D eigenvalue weighted by molar-refractivity contribution is 0.103. The summed E-state index contributed by atoms with van der Waals surface area (Å²) >= 11 is 2.40. The fraction of sp³-hybridized carbons (Fsp3) is 0.400. The maximum atomic E-state index is 12.1. The van der Waals surface area contributed by atoms with Gasteiger partial charge in [-0.25, -0.2) is 9.97 Å². The summed E-state index contributed by atoms with van der Waals surface area (Å²) in [5.41, 5.74) is 5.77. The van der Waals surface area contributed by atoms with Gasteiger partial charge < -0.3 is 10.6 Å². The number of nitrogens with two attached hydrogens (primary N) is 1. The van der Waals surface area contributed by atoms with Crippen LogP contribution in [0.5, 0.6) is 0 Å². The Morgan fingerprint density at radius 1 is 1.47 bits per heavy atom. The highest BCUT2D eigenvalue weighted by molar-refractivity contribution is 7.18. The molecule has 1 amide bonds. The van der Waals surface area contributed by atoms with E-state index in [0.717, 1.165) is 23.2 Å². The third-order valence-electron chi connectivity index (χ3n) is 2.40. The van der Waals surface area contributed by atoms with Crippen LogP contribution in [-0.2, 0) is 0 Å². The van der Waals surface area contributed by atoms with Gasteiger partial charge in [0, 0.05) is 25.1 Å². The predicted octanol–water partition coefficient (Wildman–Crippen LogP) is 1.59. The molecule has 2 aromatic rings. The van der Waals surface area contributed by atoms with E-state index in [-0.39, 0.29) is 11.7 Å². The van der Waals surface area contributed by atoms with E-state index in [0.29, 0.717) is 15.8 Å². The SMILES string of the molecule is CCN(C)c1nc(N)c(C(=O)Nc2nc(C)ns2)s1. The minimum absolute atomic E-state index is 0.235. The van der Waals surface area contributed by atoms with E-state index in [2.05, 4.69) is 19.7 Å². The lowest BCUT2D eigenvalue weighted by Gasteiger charge is -2.10. The van der Waals surface area contributed by atoms with Crippen molar-refractivity contribution in [2.45, 2.75) is 13.8 Å². The summed E-state index contributed by atoms with van der Waals surface area (Å²) in [4.78, 5) is 22.6. The maximum Gasteiger partial charge on any atom is 0.271 e. The number of aryl methyl sites for hydroxylation is 1. The number of nitrogen functional groups attached to an aromatic ring is 1. The second kappa shape index (κ2) is 5.49. The first-order chi connectivity index (χ1) is 9.01. The van der Waals surface area contributed by atoms with Crippen molar-refractivity contribution in [3.63, 3.8) is 0 Å². The number of hydrogen-bond donors (Lipinski definition) is 2. The average molecular weight is 298 g/mol. The second-order valence-electron chi connectivity index (χ2n) is 3.83. The predicted molar refractivity (Wildman–Crippen MR) is 78.1 cm³/mol. The third kappa shape index (κ3) is 2.99. The van der Waals surface area contributed by atoms with Crippen molar-refractivity contribution in [3.8, 4) is 0 Å². The summed E-state index contributed by atoms with van der Waals surface area (Å²) in [5, 5.41) is 3.85. The largest absolute Gasteiger partial charge is 0.382 e. The number of thiazole rings is 1. The van der Waals surface area contributed by atoms with Crippen LogP contribution in [0.15, 0.2) is 0 Å². The van der Waals surface area contributed by atoms with Gasteiger partial charge in [-0.15, -0.1) is 0 Å². The summed E-state index contributed by atoms with van der Waals surface area (Å²) in [7, 11) is 1.90. The molecule has 3 N–H and O–H groups in total. The standard InChI is InChI=1S/C10H14N6OS2/c1-4-16(3)10-13-7(11)6(18-10)8(17)14-9-12-5(2)15-19-9/h4,11H2,1-3H3,(H,12,14,15,17). The van der Waals surface area contributed by atoms with Gasteiger partial charge in [0.15, 0.2) is 5.13 Å². The summed E-state index contributed by atoms with van der Waals surface area (Å²) in [6.45, 7) is 4.56. The number of hydrogen-bond acceptors (Lipinski definition) is 8. The van der Waals surface area contributed by atoms with Gasteiger partial charge in [0.2, 0.25) is 5.13 Å². The topological polar surface area (TPSA) is 97.0 Å². The Balaban J connectivity index is 2.17. The zero-order chi connectivity index (χ0) is 14.0. The van der Waals surface area contributed by atoms with Gasteiger partial charge in [-0.2, -0.15) is 4.37 Å². The number of aromatic nitrogens is 3. The Hall–Kier alpha value is -1.74. The van der Waals surface area contributed by atoms with E-state index in [9.17, 15) is 4.79 Å². The van der Waals surface area contributed by atoms with Gasteiger partial charge >= 0.3 is 0 Å². The maximum absolute atomic E-state index is 12.1. The molecule has 0 aliphatic rings. The minimum Gasteiger partial charge on any atom is -0.382 e. The van der Waals surface area contributed by atoms with Gasteiger partial charge in [0.05, 0.1) is 0 Å². The minimum atomic E-state index is -0.304. The molecule has 0 fully saturated rings. The van der Waals surface area contributed by atoms with Crippen molar-refractivity contribution in [1.29, 1.82) is 0 Å². The Morgan fingerprint density at radius 2 is 2.21 bits per heavy atom. The molecule has 0 aliphatic carbocycles. The van der Waals surface area contributed by atoms with Crippen LogP contribution in [0.4, 0.5) is 16.1 Å². The van der Waals surface area contributed by atoms with Gasteiger partial charge in [-0.1, -0.05) is 11.3 Å². The van der Waals surface area contributed by atoms with Crippen molar-refractivity contribution in [2.24, 2.45) is 0 Å². The molecule has 0 radical (unpaired) electrons. The Morgan fingerprint density at radius 3 is 2.79 bits per heavy atom. The van der Waals surface area contributed by atoms with Crippen LogP contribution in [0, 0.1) is 6.92 Å². The molecule has 19 heavy (non-hydrogen) atoms. The summed E-state index contributed by atoms with van der Waals surface area (Å²) < 4.78 is 4.00. The molecular weight excluding hydrogens is 284 g/mol. The molecule has 0 saturated heterocycles. The molecule has 0 unspecified atom stereocenters. The fourth-order valence-electron chi connectivity index (χ4n) is 1.28. The van der Waals surface area contributed by atoms with Crippen LogP contribution in [-0.4, -0.2) is 33.8 Å². The van der Waals surface area contributed by atoms with Crippen molar-refractivity contribution in [1.82, 2.24) is 14.3 Å². The summed E-state index contributed by atoms with van der Waals surface area (Å²) in [5.74, 6) is 0.560. The highest BCUT2D eigenvalue weighted by Gasteiger charge is 2.18. The molecule has 0 saturated carbocycles. The normalized spacial score (nSPS) is 10.5. The van der Waals surface area contributed by atoms with E-state index < -0.39 is 0 Å². The van der Waals surface area contributed by atoms with Crippen molar-refractivity contribution in [2.75, 3.05) is 29.5 Å². The summed E-state index contributed by atoms with van der Waals surface area (Å²) in [6.07, 6.45) is 0. The second-order valence-corrected chi connectivity index (χ2v) is 5.56. The van der Waals surface area contributed by atoms with E-state index in [4.69, 9.17) is 5.73 Å². The average Bonchev–Trinajstić information content (AvgIpc) is 2.94.